The van der Waals surface area contributed by atoms with Crippen LogP contribution in [0.25, 0.3) is 10.8 Å². The number of carbonyl (C=O) groups excluding carboxylic acids is 1. The Kier molecular flexibility index (Phi) is 8.21. The Balaban J connectivity index is 1.28. The van der Waals surface area contributed by atoms with E-state index >= 15 is 0 Å². The second-order valence-electron chi connectivity index (χ2n) is 9.22. The molecule has 0 aliphatic carbocycles. The van der Waals surface area contributed by atoms with Gasteiger partial charge in [-0.1, -0.05) is 66.7 Å². The summed E-state index contributed by atoms with van der Waals surface area (Å²) < 4.78 is 0. The fourth-order valence-electron chi connectivity index (χ4n) is 4.42. The summed E-state index contributed by atoms with van der Waals surface area (Å²) in [5.41, 5.74) is 3.59. The number of hydrogen-bond acceptors (Lipinski definition) is 5. The highest BCUT2D eigenvalue weighted by Gasteiger charge is 2.13. The van der Waals surface area contributed by atoms with Crippen LogP contribution in [0.4, 0.5) is 0 Å². The molecule has 0 saturated heterocycles. The molecule has 6 nitrogen and oxygen atoms in total. The lowest BCUT2D eigenvalue weighted by Crippen LogP contribution is -2.32. The molecule has 2 unspecified atom stereocenters. The van der Waals surface area contributed by atoms with Crippen LogP contribution in [-0.2, 0) is 24.2 Å². The van der Waals surface area contributed by atoms with E-state index in [9.17, 15) is 20.1 Å². The van der Waals surface area contributed by atoms with Gasteiger partial charge in [0.1, 0.15) is 11.5 Å². The maximum atomic E-state index is 12.6. The highest BCUT2D eigenvalue weighted by atomic mass is 16.3. The fourth-order valence-corrected chi connectivity index (χ4v) is 4.42. The number of rotatable bonds is 10. The first-order valence-electron chi connectivity index (χ1n) is 12.1. The van der Waals surface area contributed by atoms with Crippen molar-refractivity contribution in [2.45, 2.75) is 38.5 Å². The number of aliphatic hydroxyl groups is 1. The molecule has 0 heterocycles. The first-order chi connectivity index (χ1) is 17.4. The quantitative estimate of drug-likeness (QED) is 0.230. The third kappa shape index (κ3) is 6.84. The van der Waals surface area contributed by atoms with Gasteiger partial charge < -0.3 is 26.0 Å². The molecule has 5 N–H and O–H groups in total. The van der Waals surface area contributed by atoms with Gasteiger partial charge in [-0.25, -0.2) is 0 Å². The molecule has 0 fully saturated rings. The number of carbonyl (C=O) groups is 1. The Morgan fingerprint density at radius 2 is 1.56 bits per heavy atom. The van der Waals surface area contributed by atoms with Crippen LogP contribution in [0, 0.1) is 0 Å². The fraction of sp³-hybridized carbons (Fsp3) is 0.233. The van der Waals surface area contributed by atoms with Crippen molar-refractivity contribution in [3.63, 3.8) is 0 Å². The van der Waals surface area contributed by atoms with Crippen LogP contribution in [0.5, 0.6) is 11.5 Å². The van der Waals surface area contributed by atoms with Crippen LogP contribution >= 0.6 is 0 Å². The van der Waals surface area contributed by atoms with Gasteiger partial charge in [0.2, 0.25) is 5.91 Å². The molecular formula is C30H32N2O4. The van der Waals surface area contributed by atoms with Gasteiger partial charge in [0.05, 0.1) is 12.5 Å². The summed E-state index contributed by atoms with van der Waals surface area (Å²) in [4.78, 5) is 12.6. The highest BCUT2D eigenvalue weighted by Crippen LogP contribution is 2.24. The molecule has 0 saturated carbocycles. The highest BCUT2D eigenvalue weighted by molar-refractivity contribution is 5.86. The molecule has 0 radical (unpaired) electrons. The smallest absolute Gasteiger partial charge is 0.224 e. The van der Waals surface area contributed by atoms with E-state index in [-0.39, 0.29) is 30.0 Å². The molecule has 186 valence electrons. The monoisotopic (exact) mass is 484 g/mol. The Hall–Kier alpha value is -3.87. The van der Waals surface area contributed by atoms with E-state index in [0.717, 1.165) is 33.9 Å². The second kappa shape index (κ2) is 11.7. The number of hydrogen-bond donors (Lipinski definition) is 5. The van der Waals surface area contributed by atoms with Gasteiger partial charge in [-0.05, 0) is 58.5 Å². The number of fused-ring (bicyclic) bond motifs is 1. The number of benzene rings is 4. The summed E-state index contributed by atoms with van der Waals surface area (Å²) in [5.74, 6) is -0.200. The van der Waals surface area contributed by atoms with E-state index in [4.69, 9.17) is 0 Å². The molecule has 36 heavy (non-hydrogen) atoms. The third-order valence-corrected chi connectivity index (χ3v) is 6.22. The van der Waals surface area contributed by atoms with E-state index in [2.05, 4.69) is 28.8 Å². The largest absolute Gasteiger partial charge is 0.508 e. The lowest BCUT2D eigenvalue weighted by Gasteiger charge is -2.18. The molecule has 0 aliphatic heterocycles. The normalized spacial score (nSPS) is 12.8. The number of aliphatic hydroxyl groups excluding tert-OH is 1. The zero-order valence-electron chi connectivity index (χ0n) is 20.3. The predicted octanol–water partition coefficient (Wildman–Crippen LogP) is 4.36. The zero-order chi connectivity index (χ0) is 25.5. The van der Waals surface area contributed by atoms with E-state index in [1.165, 1.54) is 18.2 Å². The minimum absolute atomic E-state index is 0.0243. The zero-order valence-corrected chi connectivity index (χ0v) is 20.3. The van der Waals surface area contributed by atoms with Crippen LogP contribution in [0.1, 0.15) is 35.3 Å². The lowest BCUT2D eigenvalue weighted by atomic mass is 10.0. The topological polar surface area (TPSA) is 102 Å². The van der Waals surface area contributed by atoms with Gasteiger partial charge in [-0.2, -0.15) is 0 Å². The van der Waals surface area contributed by atoms with Crippen LogP contribution in [0.3, 0.4) is 0 Å². The van der Waals surface area contributed by atoms with Crippen molar-refractivity contribution >= 4 is 16.7 Å². The van der Waals surface area contributed by atoms with E-state index in [0.29, 0.717) is 18.5 Å². The summed E-state index contributed by atoms with van der Waals surface area (Å²) >= 11 is 0. The lowest BCUT2D eigenvalue weighted by molar-refractivity contribution is -0.120. The average Bonchev–Trinajstić information content (AvgIpc) is 2.85. The van der Waals surface area contributed by atoms with Crippen LogP contribution in [0.15, 0.2) is 84.9 Å². The minimum Gasteiger partial charge on any atom is -0.508 e. The van der Waals surface area contributed by atoms with E-state index in [1.807, 2.05) is 55.5 Å². The Morgan fingerprint density at radius 1 is 0.861 bits per heavy atom. The summed E-state index contributed by atoms with van der Waals surface area (Å²) in [7, 11) is 0. The van der Waals surface area contributed by atoms with Crippen LogP contribution in [0.2, 0.25) is 0 Å². The molecule has 0 aliphatic rings. The van der Waals surface area contributed by atoms with Crippen molar-refractivity contribution in [3.05, 3.63) is 107 Å². The molecule has 6 heteroatoms. The molecule has 0 aromatic heterocycles. The average molecular weight is 485 g/mol. The van der Waals surface area contributed by atoms with E-state index in [1.54, 1.807) is 0 Å². The molecule has 4 rings (SSSR count). The summed E-state index contributed by atoms with van der Waals surface area (Å²) in [6.07, 6.45) is 0.172. The van der Waals surface area contributed by atoms with Gasteiger partial charge in [0.15, 0.2) is 0 Å². The molecule has 0 spiro atoms. The second-order valence-corrected chi connectivity index (χ2v) is 9.22. The third-order valence-electron chi connectivity index (χ3n) is 6.22. The van der Waals surface area contributed by atoms with Crippen LogP contribution in [-0.4, -0.2) is 33.8 Å². The predicted molar refractivity (Wildman–Crippen MR) is 142 cm³/mol. The van der Waals surface area contributed by atoms with Crippen molar-refractivity contribution < 1.29 is 20.1 Å². The van der Waals surface area contributed by atoms with Crippen molar-refractivity contribution in [1.82, 2.24) is 10.6 Å². The van der Waals surface area contributed by atoms with Gasteiger partial charge in [-0.15, -0.1) is 0 Å². The first kappa shape index (κ1) is 25.2. The maximum Gasteiger partial charge on any atom is 0.224 e. The SMILES string of the molecule is CC(Cc1cccc(CC(=O)NCc2cccc3ccccc23)c1)NCC(O)c1cc(O)cc(O)c1. The van der Waals surface area contributed by atoms with E-state index < -0.39 is 6.10 Å². The summed E-state index contributed by atoms with van der Waals surface area (Å²) in [5, 5.41) is 38.3. The van der Waals surface area contributed by atoms with Crippen LogP contribution < -0.4 is 10.6 Å². The summed E-state index contributed by atoms with van der Waals surface area (Å²) in [6, 6.07) is 26.4. The Labute approximate surface area is 211 Å². The van der Waals surface area contributed by atoms with Gasteiger partial charge in [0, 0.05) is 25.2 Å². The molecule has 2 atom stereocenters. The Morgan fingerprint density at radius 3 is 2.36 bits per heavy atom. The maximum absolute atomic E-state index is 12.6. The number of nitrogens with one attached hydrogen (secondary N) is 2. The van der Waals surface area contributed by atoms with Gasteiger partial charge >= 0.3 is 0 Å². The first-order valence-corrected chi connectivity index (χ1v) is 12.1. The number of phenols is 2. The number of amides is 1. The number of phenolic OH excluding ortho intramolecular Hbond substituents is 2. The summed E-state index contributed by atoms with van der Waals surface area (Å²) in [6.45, 7) is 2.79. The molecule has 0 bridgehead atoms. The molecular weight excluding hydrogens is 452 g/mol. The van der Waals surface area contributed by atoms with Gasteiger partial charge in [0.25, 0.3) is 0 Å². The molecule has 1 amide bonds. The standard InChI is InChI=1S/C30H32N2O4/c1-20(31-19-29(35)25-15-26(33)17-27(34)16-25)12-21-6-4-7-22(13-21)14-30(36)32-18-24-10-5-9-23-8-2-3-11-28(23)24/h2-11,13,15-17,20,29,31,33-35H,12,14,18-19H2,1H3,(H,32,36). The minimum atomic E-state index is -0.859. The molecule has 4 aromatic carbocycles. The number of aromatic hydroxyl groups is 2. The Bertz CT molecular complexity index is 1310. The molecule has 4 aromatic rings. The van der Waals surface area contributed by atoms with Gasteiger partial charge in [-0.3, -0.25) is 4.79 Å². The van der Waals surface area contributed by atoms with Crippen molar-refractivity contribution in [3.8, 4) is 11.5 Å². The van der Waals surface area contributed by atoms with Crippen molar-refractivity contribution in [2.24, 2.45) is 0 Å². The van der Waals surface area contributed by atoms with Crippen molar-refractivity contribution in [1.29, 1.82) is 0 Å². The van der Waals surface area contributed by atoms with Crippen molar-refractivity contribution in [2.75, 3.05) is 6.54 Å².